The number of allylic oxidation sites excluding steroid dienone is 1. The normalized spacial score (nSPS) is 15.6. The zero-order valence-electron chi connectivity index (χ0n) is 12.1. The van der Waals surface area contributed by atoms with Crippen LogP contribution < -0.4 is 9.46 Å². The molecule has 1 aliphatic rings. The second kappa shape index (κ2) is 7.04. The summed E-state index contributed by atoms with van der Waals surface area (Å²) in [4.78, 5) is 0.0174. The fraction of sp³-hybridized carbons (Fsp3) is 0.467. The van der Waals surface area contributed by atoms with Gasteiger partial charge in [0, 0.05) is 12.6 Å². The highest BCUT2D eigenvalue weighted by Crippen LogP contribution is 2.22. The van der Waals surface area contributed by atoms with Crippen LogP contribution in [-0.2, 0) is 10.0 Å². The molecule has 0 unspecified atom stereocenters. The Hall–Kier alpha value is -1.40. The maximum absolute atomic E-state index is 13.5. The molecule has 0 amide bonds. The van der Waals surface area contributed by atoms with Gasteiger partial charge in [0.2, 0.25) is 10.0 Å². The van der Waals surface area contributed by atoms with E-state index in [4.69, 9.17) is 4.74 Å². The smallest absolute Gasteiger partial charge is 0.240 e. The molecule has 0 fully saturated rings. The van der Waals surface area contributed by atoms with Crippen molar-refractivity contribution >= 4 is 10.0 Å². The van der Waals surface area contributed by atoms with E-state index in [1.165, 1.54) is 12.1 Å². The molecular weight excluding hydrogens is 293 g/mol. The number of hydrogen-bond donors (Lipinski definition) is 1. The van der Waals surface area contributed by atoms with Crippen LogP contribution >= 0.6 is 0 Å². The van der Waals surface area contributed by atoms with Crippen molar-refractivity contribution in [2.45, 2.75) is 37.5 Å². The van der Waals surface area contributed by atoms with Crippen molar-refractivity contribution < 1.29 is 17.5 Å². The third kappa shape index (κ3) is 4.28. The number of ether oxygens (including phenoxy) is 1. The molecule has 0 saturated heterocycles. The van der Waals surface area contributed by atoms with Gasteiger partial charge in [0.15, 0.2) is 11.6 Å². The number of nitrogens with one attached hydrogen (secondary N) is 1. The average Bonchev–Trinajstić information content (AvgIpc) is 2.49. The van der Waals surface area contributed by atoms with Crippen molar-refractivity contribution in [1.29, 1.82) is 0 Å². The zero-order chi connectivity index (χ0) is 15.3. The number of sulfonamides is 1. The molecule has 0 spiro atoms. The Balaban J connectivity index is 2.11. The van der Waals surface area contributed by atoms with E-state index < -0.39 is 15.8 Å². The van der Waals surface area contributed by atoms with Crippen molar-refractivity contribution in [2.75, 3.05) is 13.2 Å². The van der Waals surface area contributed by atoms with E-state index in [9.17, 15) is 12.8 Å². The molecule has 0 atom stereocenters. The second-order valence-electron chi connectivity index (χ2n) is 4.96. The molecule has 1 N–H and O–H groups in total. The lowest BCUT2D eigenvalue weighted by molar-refractivity contribution is 0.320. The fourth-order valence-electron chi connectivity index (χ4n) is 2.25. The highest BCUT2D eigenvalue weighted by atomic mass is 32.2. The van der Waals surface area contributed by atoms with Gasteiger partial charge in [-0.25, -0.2) is 17.5 Å². The number of rotatable bonds is 6. The van der Waals surface area contributed by atoms with E-state index in [0.29, 0.717) is 6.54 Å². The van der Waals surface area contributed by atoms with Crippen LogP contribution in [0.25, 0.3) is 0 Å². The summed E-state index contributed by atoms with van der Waals surface area (Å²) >= 11 is 0. The maximum Gasteiger partial charge on any atom is 0.240 e. The molecule has 4 nitrogen and oxygen atoms in total. The summed E-state index contributed by atoms with van der Waals surface area (Å²) in [5.41, 5.74) is 1.11. The molecule has 1 aliphatic carbocycles. The van der Waals surface area contributed by atoms with Crippen molar-refractivity contribution in [3.05, 3.63) is 35.7 Å². The van der Waals surface area contributed by atoms with Gasteiger partial charge >= 0.3 is 0 Å². The Morgan fingerprint density at radius 2 is 2.14 bits per heavy atom. The first-order valence-electron chi connectivity index (χ1n) is 7.13. The predicted octanol–water partition coefficient (Wildman–Crippen LogP) is 3.00. The van der Waals surface area contributed by atoms with Gasteiger partial charge in [0.25, 0.3) is 0 Å². The summed E-state index contributed by atoms with van der Waals surface area (Å²) in [6.07, 6.45) is 6.27. The van der Waals surface area contributed by atoms with E-state index in [2.05, 4.69) is 10.8 Å². The van der Waals surface area contributed by atoms with E-state index >= 15 is 0 Å². The Morgan fingerprint density at radius 1 is 1.33 bits per heavy atom. The Morgan fingerprint density at radius 3 is 2.81 bits per heavy atom. The quantitative estimate of drug-likeness (QED) is 0.821. The first-order valence-corrected chi connectivity index (χ1v) is 8.61. The Labute approximate surface area is 125 Å². The van der Waals surface area contributed by atoms with Crippen molar-refractivity contribution in [1.82, 2.24) is 4.72 Å². The fourth-order valence-corrected chi connectivity index (χ4v) is 3.30. The minimum Gasteiger partial charge on any atom is -0.491 e. The summed E-state index contributed by atoms with van der Waals surface area (Å²) in [7, 11) is -3.65. The minimum atomic E-state index is -3.65. The second-order valence-corrected chi connectivity index (χ2v) is 6.72. The lowest BCUT2D eigenvalue weighted by Gasteiger charge is -2.14. The molecule has 0 saturated carbocycles. The molecule has 0 aliphatic heterocycles. The number of hydrogen-bond acceptors (Lipinski definition) is 3. The molecule has 1 aromatic rings. The minimum absolute atomic E-state index is 0.0174. The molecule has 6 heteroatoms. The van der Waals surface area contributed by atoms with Gasteiger partial charge in [-0.15, -0.1) is 0 Å². The molecule has 0 aromatic heterocycles. The van der Waals surface area contributed by atoms with Gasteiger partial charge in [-0.2, -0.15) is 0 Å². The van der Waals surface area contributed by atoms with Gasteiger partial charge in [-0.05, 0) is 44.7 Å². The van der Waals surface area contributed by atoms with Crippen molar-refractivity contribution in [3.8, 4) is 5.75 Å². The SMILES string of the molecule is CCOc1cc(S(=O)(=O)NCC2=CCCCC2)ccc1F. The van der Waals surface area contributed by atoms with Gasteiger partial charge in [0.1, 0.15) is 0 Å². The van der Waals surface area contributed by atoms with Gasteiger partial charge in [-0.3, -0.25) is 0 Å². The third-order valence-electron chi connectivity index (χ3n) is 3.39. The largest absolute Gasteiger partial charge is 0.491 e. The van der Waals surface area contributed by atoms with Crippen LogP contribution in [0.2, 0.25) is 0 Å². The molecule has 21 heavy (non-hydrogen) atoms. The van der Waals surface area contributed by atoms with Gasteiger partial charge < -0.3 is 4.74 Å². The third-order valence-corrected chi connectivity index (χ3v) is 4.79. The molecule has 0 bridgehead atoms. The topological polar surface area (TPSA) is 55.4 Å². The van der Waals surface area contributed by atoms with E-state index in [1.54, 1.807) is 6.92 Å². The Bertz CT molecular complexity index is 626. The highest BCUT2D eigenvalue weighted by molar-refractivity contribution is 7.89. The first-order chi connectivity index (χ1) is 10.0. The monoisotopic (exact) mass is 313 g/mol. The summed E-state index contributed by atoms with van der Waals surface area (Å²) in [5, 5.41) is 0. The van der Waals surface area contributed by atoms with Crippen LogP contribution in [0.1, 0.15) is 32.6 Å². The molecule has 2 rings (SSSR count). The lowest BCUT2D eigenvalue weighted by Crippen LogP contribution is -2.26. The summed E-state index contributed by atoms with van der Waals surface area (Å²) in [5.74, 6) is -0.608. The van der Waals surface area contributed by atoms with Gasteiger partial charge in [-0.1, -0.05) is 11.6 Å². The predicted molar refractivity (Wildman–Crippen MR) is 79.3 cm³/mol. The van der Waals surface area contributed by atoms with Crippen LogP contribution in [0.5, 0.6) is 5.75 Å². The molecule has 116 valence electrons. The molecule has 1 aromatic carbocycles. The van der Waals surface area contributed by atoms with Crippen LogP contribution in [0, 0.1) is 5.82 Å². The van der Waals surface area contributed by atoms with Gasteiger partial charge in [0.05, 0.1) is 11.5 Å². The van der Waals surface area contributed by atoms with Crippen LogP contribution in [-0.4, -0.2) is 21.6 Å². The summed E-state index contributed by atoms with van der Waals surface area (Å²) < 4.78 is 45.6. The first kappa shape index (κ1) is 16.0. The average molecular weight is 313 g/mol. The highest BCUT2D eigenvalue weighted by Gasteiger charge is 2.17. The lowest BCUT2D eigenvalue weighted by atomic mass is 10.0. The maximum atomic E-state index is 13.5. The van der Waals surface area contributed by atoms with E-state index in [0.717, 1.165) is 37.3 Å². The molecular formula is C15H20FNO3S. The summed E-state index contributed by atoms with van der Waals surface area (Å²) in [6, 6.07) is 3.57. The number of benzene rings is 1. The van der Waals surface area contributed by atoms with Crippen molar-refractivity contribution in [3.63, 3.8) is 0 Å². The molecule has 0 heterocycles. The summed E-state index contributed by atoms with van der Waals surface area (Å²) in [6.45, 7) is 2.30. The number of halogens is 1. The van der Waals surface area contributed by atoms with Crippen LogP contribution in [0.4, 0.5) is 4.39 Å². The van der Waals surface area contributed by atoms with E-state index in [1.807, 2.05) is 0 Å². The Kier molecular flexibility index (Phi) is 5.36. The standard InChI is InChI=1S/C15H20FNO3S/c1-2-20-15-10-13(8-9-14(15)16)21(18,19)17-11-12-6-4-3-5-7-12/h6,8-10,17H,2-5,7,11H2,1H3. The van der Waals surface area contributed by atoms with Crippen LogP contribution in [0.3, 0.4) is 0 Å². The van der Waals surface area contributed by atoms with Crippen molar-refractivity contribution in [2.24, 2.45) is 0 Å². The van der Waals surface area contributed by atoms with Crippen LogP contribution in [0.15, 0.2) is 34.7 Å². The molecule has 0 radical (unpaired) electrons. The zero-order valence-corrected chi connectivity index (χ0v) is 12.9. The van der Waals surface area contributed by atoms with E-state index in [-0.39, 0.29) is 17.3 Å².